The van der Waals surface area contributed by atoms with E-state index in [9.17, 15) is 18.4 Å². The van der Waals surface area contributed by atoms with E-state index in [1.165, 1.54) is 24.4 Å². The molecule has 1 aliphatic rings. The van der Waals surface area contributed by atoms with Crippen molar-refractivity contribution in [3.05, 3.63) is 87.6 Å². The number of H-pyrrole nitrogens is 2. The predicted octanol–water partition coefficient (Wildman–Crippen LogP) is 4.87. The third-order valence-corrected chi connectivity index (χ3v) is 6.19. The van der Waals surface area contributed by atoms with Gasteiger partial charge in [-0.25, -0.2) is 13.8 Å². The molecule has 0 spiro atoms. The fourth-order valence-corrected chi connectivity index (χ4v) is 4.55. The van der Waals surface area contributed by atoms with Crippen LogP contribution in [0.3, 0.4) is 0 Å². The van der Waals surface area contributed by atoms with E-state index in [0.29, 0.717) is 41.1 Å². The van der Waals surface area contributed by atoms with Crippen LogP contribution in [0.15, 0.2) is 53.6 Å². The van der Waals surface area contributed by atoms with Gasteiger partial charge in [-0.15, -0.1) is 0 Å². The number of likely N-dealkylation sites (tertiary alicyclic amines) is 1. The molecule has 1 atom stereocenters. The van der Waals surface area contributed by atoms with Gasteiger partial charge in [0, 0.05) is 23.7 Å². The zero-order chi connectivity index (χ0) is 23.1. The molecule has 0 saturated carbocycles. The van der Waals surface area contributed by atoms with Gasteiger partial charge in [0.15, 0.2) is 0 Å². The minimum Gasteiger partial charge on any atom is -0.360 e. The average Bonchev–Trinajstić information content (AvgIpc) is 3.30. The van der Waals surface area contributed by atoms with E-state index in [0.717, 1.165) is 18.9 Å². The van der Waals surface area contributed by atoms with Crippen molar-refractivity contribution in [2.24, 2.45) is 0 Å². The number of hydrogen-bond acceptors (Lipinski definition) is 3. The van der Waals surface area contributed by atoms with Crippen LogP contribution in [0, 0.1) is 18.6 Å². The lowest BCUT2D eigenvalue weighted by atomic mass is 9.99. The van der Waals surface area contributed by atoms with Crippen molar-refractivity contribution in [2.45, 2.75) is 32.2 Å². The Hall–Kier alpha value is -3.81. The Bertz CT molecular complexity index is 1430. The van der Waals surface area contributed by atoms with Gasteiger partial charge in [0.05, 0.1) is 23.4 Å². The van der Waals surface area contributed by atoms with Crippen molar-refractivity contribution in [1.82, 2.24) is 19.9 Å². The first-order chi connectivity index (χ1) is 15.9. The van der Waals surface area contributed by atoms with Gasteiger partial charge in [0.2, 0.25) is 5.43 Å². The van der Waals surface area contributed by atoms with Gasteiger partial charge in [-0.1, -0.05) is 12.1 Å². The molecule has 2 aromatic carbocycles. The van der Waals surface area contributed by atoms with Crippen molar-refractivity contribution in [3.8, 4) is 11.3 Å². The first kappa shape index (κ1) is 21.1. The number of nitrogens with one attached hydrogen (secondary N) is 2. The molecule has 168 valence electrons. The Morgan fingerprint density at radius 1 is 1.15 bits per heavy atom. The third-order valence-electron chi connectivity index (χ3n) is 6.19. The number of halogens is 2. The average molecular weight is 448 g/mol. The number of carbonyl (C=O) groups is 1. The highest BCUT2D eigenvalue weighted by molar-refractivity contribution is 5.97. The van der Waals surface area contributed by atoms with Gasteiger partial charge in [-0.05, 0) is 56.0 Å². The van der Waals surface area contributed by atoms with Gasteiger partial charge in [0.25, 0.3) is 5.91 Å². The summed E-state index contributed by atoms with van der Waals surface area (Å²) in [4.78, 5) is 38.9. The zero-order valence-corrected chi connectivity index (χ0v) is 18.0. The number of imidazole rings is 1. The molecule has 0 bridgehead atoms. The summed E-state index contributed by atoms with van der Waals surface area (Å²) >= 11 is 0. The summed E-state index contributed by atoms with van der Waals surface area (Å²) in [5, 5.41) is 0.151. The highest BCUT2D eigenvalue weighted by Crippen LogP contribution is 2.32. The smallest absolute Gasteiger partial charge is 0.259 e. The largest absolute Gasteiger partial charge is 0.360 e. The maximum absolute atomic E-state index is 13.9. The number of amides is 1. The minimum atomic E-state index is -0.522. The Morgan fingerprint density at radius 3 is 2.82 bits per heavy atom. The van der Waals surface area contributed by atoms with Gasteiger partial charge in [0.1, 0.15) is 23.0 Å². The number of nitrogens with zero attached hydrogens (tertiary/aromatic N) is 2. The highest BCUT2D eigenvalue weighted by atomic mass is 19.1. The van der Waals surface area contributed by atoms with E-state index in [4.69, 9.17) is 0 Å². The maximum Gasteiger partial charge on any atom is 0.259 e. The maximum atomic E-state index is 13.9. The second-order valence-corrected chi connectivity index (χ2v) is 8.38. The summed E-state index contributed by atoms with van der Waals surface area (Å²) in [6, 6.07) is 8.33. The van der Waals surface area contributed by atoms with Crippen molar-refractivity contribution in [1.29, 1.82) is 0 Å². The van der Waals surface area contributed by atoms with Crippen LogP contribution >= 0.6 is 0 Å². The second-order valence-electron chi connectivity index (χ2n) is 8.38. The predicted molar refractivity (Wildman–Crippen MR) is 121 cm³/mol. The van der Waals surface area contributed by atoms with Crippen LogP contribution in [0.2, 0.25) is 0 Å². The monoisotopic (exact) mass is 448 g/mol. The topological polar surface area (TPSA) is 81.8 Å². The quantitative estimate of drug-likeness (QED) is 0.469. The molecule has 1 fully saturated rings. The van der Waals surface area contributed by atoms with E-state index in [1.807, 2.05) is 0 Å². The number of aromatic nitrogens is 3. The van der Waals surface area contributed by atoms with Crippen molar-refractivity contribution >= 4 is 16.8 Å². The number of hydrogen-bond donors (Lipinski definition) is 2. The molecule has 6 nitrogen and oxygen atoms in total. The van der Waals surface area contributed by atoms with Crippen LogP contribution in [0.5, 0.6) is 0 Å². The number of fused-ring (bicyclic) bond motifs is 1. The lowest BCUT2D eigenvalue weighted by Crippen LogP contribution is -2.41. The number of pyridine rings is 1. The molecule has 8 heteroatoms. The molecule has 5 rings (SSSR count). The molecular weight excluding hydrogens is 426 g/mol. The summed E-state index contributed by atoms with van der Waals surface area (Å²) in [5.41, 5.74) is 1.89. The van der Waals surface area contributed by atoms with Crippen molar-refractivity contribution in [3.63, 3.8) is 0 Å². The third kappa shape index (κ3) is 3.82. The van der Waals surface area contributed by atoms with E-state index in [1.54, 1.807) is 30.2 Å². The highest BCUT2D eigenvalue weighted by Gasteiger charge is 2.32. The van der Waals surface area contributed by atoms with E-state index < -0.39 is 17.2 Å². The van der Waals surface area contributed by atoms with Gasteiger partial charge in [-0.2, -0.15) is 0 Å². The van der Waals surface area contributed by atoms with Crippen LogP contribution < -0.4 is 5.43 Å². The molecule has 1 saturated heterocycles. The molecule has 1 unspecified atom stereocenters. The van der Waals surface area contributed by atoms with Crippen LogP contribution in [0.25, 0.3) is 22.2 Å². The number of carbonyl (C=O) groups excluding carboxylic acids is 1. The van der Waals surface area contributed by atoms with Crippen molar-refractivity contribution < 1.29 is 13.6 Å². The summed E-state index contributed by atoms with van der Waals surface area (Å²) in [6.45, 7) is 2.18. The number of piperidine rings is 1. The van der Waals surface area contributed by atoms with Gasteiger partial charge in [-0.3, -0.25) is 9.59 Å². The molecule has 1 amide bonds. The Balaban J connectivity index is 1.50. The van der Waals surface area contributed by atoms with Gasteiger partial charge >= 0.3 is 0 Å². The number of benzene rings is 2. The van der Waals surface area contributed by atoms with Gasteiger partial charge < -0.3 is 14.9 Å². The SMILES string of the molecule is Cc1cc(F)cc2c(=O)c(C(=O)N3CCCCC3c3ncc(-c4cccc(F)c4)[nH]3)c[nH]c12. The molecule has 4 aromatic rings. The standard InChI is InChI=1S/C25H22F2N4O2/c1-14-9-17(27)11-18-22(14)28-12-19(23(18)32)25(33)31-8-3-2-7-21(31)24-29-13-20(30-24)15-5-4-6-16(26)10-15/h4-6,9-13,21H,2-3,7-8H2,1H3,(H,28,32)(H,29,30). The molecule has 0 radical (unpaired) electrons. The number of aryl methyl sites for hydroxylation is 1. The second kappa shape index (κ2) is 8.27. The summed E-state index contributed by atoms with van der Waals surface area (Å²) in [7, 11) is 0. The first-order valence-electron chi connectivity index (χ1n) is 10.9. The van der Waals surface area contributed by atoms with E-state index in [2.05, 4.69) is 15.0 Å². The molecule has 0 aliphatic carbocycles. The normalized spacial score (nSPS) is 16.3. The lowest BCUT2D eigenvalue weighted by molar-refractivity contribution is 0.0599. The number of aromatic amines is 2. The molecule has 2 aromatic heterocycles. The lowest BCUT2D eigenvalue weighted by Gasteiger charge is -2.34. The van der Waals surface area contributed by atoms with E-state index in [-0.39, 0.29) is 22.8 Å². The Morgan fingerprint density at radius 2 is 2.00 bits per heavy atom. The van der Waals surface area contributed by atoms with Crippen molar-refractivity contribution in [2.75, 3.05) is 6.54 Å². The van der Waals surface area contributed by atoms with Crippen LogP contribution in [0.4, 0.5) is 8.78 Å². The Kier molecular flexibility index (Phi) is 5.28. The van der Waals surface area contributed by atoms with Crippen LogP contribution in [-0.4, -0.2) is 32.3 Å². The van der Waals surface area contributed by atoms with Crippen LogP contribution in [-0.2, 0) is 0 Å². The fraction of sp³-hybridized carbons (Fsp3) is 0.240. The fourth-order valence-electron chi connectivity index (χ4n) is 4.55. The summed E-state index contributed by atoms with van der Waals surface area (Å²) in [5.74, 6) is -0.707. The molecule has 3 heterocycles. The minimum absolute atomic E-state index is 0.0312. The summed E-state index contributed by atoms with van der Waals surface area (Å²) < 4.78 is 27.6. The summed E-state index contributed by atoms with van der Waals surface area (Å²) in [6.07, 6.45) is 5.42. The molecular formula is C25H22F2N4O2. The molecule has 2 N–H and O–H groups in total. The first-order valence-corrected chi connectivity index (χ1v) is 10.9. The van der Waals surface area contributed by atoms with E-state index >= 15 is 0 Å². The Labute approximate surface area is 188 Å². The van der Waals surface area contributed by atoms with Crippen LogP contribution in [0.1, 0.15) is 47.1 Å². The number of rotatable bonds is 3. The molecule has 1 aliphatic heterocycles. The zero-order valence-electron chi connectivity index (χ0n) is 18.0. The molecule has 33 heavy (non-hydrogen) atoms.